The lowest BCUT2D eigenvalue weighted by Gasteiger charge is -2.25. The number of aromatic nitrogens is 1. The van der Waals surface area contributed by atoms with E-state index in [4.69, 9.17) is 5.73 Å². The molecule has 0 aliphatic carbocycles. The van der Waals surface area contributed by atoms with Crippen LogP contribution in [-0.4, -0.2) is 16.1 Å². The molecule has 4 nitrogen and oxygen atoms in total. The zero-order chi connectivity index (χ0) is 13.2. The summed E-state index contributed by atoms with van der Waals surface area (Å²) in [6.07, 6.45) is 3.19. The zero-order valence-electron chi connectivity index (χ0n) is 10.00. The van der Waals surface area contributed by atoms with Crippen molar-refractivity contribution in [2.45, 2.75) is 12.3 Å². The molecule has 4 heteroatoms. The number of nitrogens with two attached hydrogens (primary N) is 1. The van der Waals surface area contributed by atoms with E-state index < -0.39 is 11.4 Å². The van der Waals surface area contributed by atoms with Crippen LogP contribution in [-0.2, 0) is 10.2 Å². The molecule has 1 atom stereocenters. The van der Waals surface area contributed by atoms with E-state index in [1.165, 1.54) is 0 Å². The van der Waals surface area contributed by atoms with Gasteiger partial charge in [-0.25, -0.2) is 0 Å². The Morgan fingerprint density at radius 3 is 2.39 bits per heavy atom. The minimum Gasteiger partial charge on any atom is -0.480 e. The summed E-state index contributed by atoms with van der Waals surface area (Å²) in [5.41, 5.74) is 6.43. The van der Waals surface area contributed by atoms with Gasteiger partial charge in [-0.15, -0.1) is 0 Å². The van der Waals surface area contributed by atoms with Crippen LogP contribution in [0.4, 0.5) is 5.69 Å². The number of nitrogen functional groups attached to an aromatic ring is 1. The molecule has 3 N–H and O–H groups in total. The molecule has 1 heterocycles. The van der Waals surface area contributed by atoms with Gasteiger partial charge in [0.1, 0.15) is 5.41 Å². The summed E-state index contributed by atoms with van der Waals surface area (Å²) >= 11 is 0. The summed E-state index contributed by atoms with van der Waals surface area (Å²) in [7, 11) is 0. The van der Waals surface area contributed by atoms with Crippen LogP contribution in [0.15, 0.2) is 48.8 Å². The molecular formula is C14H14N2O2. The van der Waals surface area contributed by atoms with E-state index in [2.05, 4.69) is 4.98 Å². The lowest BCUT2D eigenvalue weighted by molar-refractivity contribution is -0.141. The SMILES string of the molecule is CC(C(=O)O)(c1ccc(N)cc1)c1cccnc1. The predicted octanol–water partition coefficient (Wildman–Crippen LogP) is 2.05. The lowest BCUT2D eigenvalue weighted by Crippen LogP contribution is -2.33. The molecule has 2 aromatic rings. The number of hydrogen-bond acceptors (Lipinski definition) is 3. The fourth-order valence-electron chi connectivity index (χ4n) is 1.89. The third-order valence-corrected chi connectivity index (χ3v) is 3.15. The standard InChI is InChI=1S/C14H14N2O2/c1-14(13(17)18,11-3-2-8-16-9-11)10-4-6-12(15)7-5-10/h2-9H,15H2,1H3,(H,17,18). The average Bonchev–Trinajstić information content (AvgIpc) is 2.39. The second-order valence-electron chi connectivity index (χ2n) is 4.29. The van der Waals surface area contributed by atoms with Crippen molar-refractivity contribution in [2.24, 2.45) is 0 Å². The quantitative estimate of drug-likeness (QED) is 0.808. The maximum Gasteiger partial charge on any atom is 0.318 e. The Labute approximate surface area is 105 Å². The second-order valence-corrected chi connectivity index (χ2v) is 4.29. The molecule has 0 saturated carbocycles. The first-order valence-electron chi connectivity index (χ1n) is 5.55. The van der Waals surface area contributed by atoms with Gasteiger partial charge in [0.15, 0.2) is 0 Å². The minimum atomic E-state index is -1.12. The number of rotatable bonds is 3. The Balaban J connectivity index is 2.58. The molecule has 0 saturated heterocycles. The Morgan fingerprint density at radius 2 is 1.89 bits per heavy atom. The van der Waals surface area contributed by atoms with Gasteiger partial charge in [0.2, 0.25) is 0 Å². The molecule has 1 aromatic carbocycles. The molecular weight excluding hydrogens is 228 g/mol. The summed E-state index contributed by atoms with van der Waals surface area (Å²) < 4.78 is 0. The average molecular weight is 242 g/mol. The topological polar surface area (TPSA) is 76.2 Å². The molecule has 0 bridgehead atoms. The van der Waals surface area contributed by atoms with E-state index in [9.17, 15) is 9.90 Å². The van der Waals surface area contributed by atoms with Crippen LogP contribution in [0.5, 0.6) is 0 Å². The molecule has 92 valence electrons. The number of hydrogen-bond donors (Lipinski definition) is 2. The van der Waals surface area contributed by atoms with Crippen molar-refractivity contribution in [3.8, 4) is 0 Å². The highest BCUT2D eigenvalue weighted by atomic mass is 16.4. The van der Waals surface area contributed by atoms with Crippen molar-refractivity contribution in [3.63, 3.8) is 0 Å². The maximum atomic E-state index is 11.6. The number of carboxylic acid groups (broad SMARTS) is 1. The number of pyridine rings is 1. The van der Waals surface area contributed by atoms with Crippen LogP contribution in [0.2, 0.25) is 0 Å². The van der Waals surface area contributed by atoms with Gasteiger partial charge in [-0.3, -0.25) is 9.78 Å². The van der Waals surface area contributed by atoms with Gasteiger partial charge in [0.25, 0.3) is 0 Å². The van der Waals surface area contributed by atoms with Crippen LogP contribution in [0.25, 0.3) is 0 Å². The van der Waals surface area contributed by atoms with Crippen LogP contribution in [0, 0.1) is 0 Å². The van der Waals surface area contributed by atoms with E-state index in [1.54, 1.807) is 55.7 Å². The minimum absolute atomic E-state index is 0.609. The van der Waals surface area contributed by atoms with Gasteiger partial charge in [0.05, 0.1) is 0 Å². The Morgan fingerprint density at radius 1 is 1.22 bits per heavy atom. The molecule has 0 radical (unpaired) electrons. The van der Waals surface area contributed by atoms with Crippen molar-refractivity contribution in [1.29, 1.82) is 0 Å². The highest BCUT2D eigenvalue weighted by Gasteiger charge is 2.37. The molecule has 2 rings (SSSR count). The molecule has 0 aliphatic rings. The van der Waals surface area contributed by atoms with Crippen LogP contribution in [0.3, 0.4) is 0 Å². The largest absolute Gasteiger partial charge is 0.480 e. The van der Waals surface area contributed by atoms with E-state index in [0.717, 1.165) is 0 Å². The highest BCUT2D eigenvalue weighted by molar-refractivity contribution is 5.85. The summed E-state index contributed by atoms with van der Waals surface area (Å²) in [5.74, 6) is -0.916. The van der Waals surface area contributed by atoms with Crippen molar-refractivity contribution >= 4 is 11.7 Å². The van der Waals surface area contributed by atoms with Crippen LogP contribution in [0.1, 0.15) is 18.1 Å². The fraction of sp³-hybridized carbons (Fsp3) is 0.143. The van der Waals surface area contributed by atoms with Crippen LogP contribution >= 0.6 is 0 Å². The summed E-state index contributed by atoms with van der Waals surface area (Å²) in [4.78, 5) is 15.6. The lowest BCUT2D eigenvalue weighted by atomic mass is 9.77. The Bertz CT molecular complexity index is 552. The number of nitrogens with zero attached hydrogens (tertiary/aromatic N) is 1. The Hall–Kier alpha value is -2.36. The third-order valence-electron chi connectivity index (χ3n) is 3.15. The molecule has 18 heavy (non-hydrogen) atoms. The van der Waals surface area contributed by atoms with E-state index in [0.29, 0.717) is 16.8 Å². The number of benzene rings is 1. The smallest absolute Gasteiger partial charge is 0.318 e. The number of carboxylic acids is 1. The maximum absolute atomic E-state index is 11.6. The third kappa shape index (κ3) is 1.93. The first-order valence-corrected chi connectivity index (χ1v) is 5.55. The van der Waals surface area contributed by atoms with Gasteiger partial charge in [-0.1, -0.05) is 18.2 Å². The van der Waals surface area contributed by atoms with E-state index >= 15 is 0 Å². The molecule has 0 aliphatic heterocycles. The normalized spacial score (nSPS) is 13.8. The first-order chi connectivity index (χ1) is 8.55. The van der Waals surface area contributed by atoms with E-state index in [1.807, 2.05) is 0 Å². The molecule has 0 amide bonds. The van der Waals surface area contributed by atoms with Gasteiger partial charge in [-0.2, -0.15) is 0 Å². The first kappa shape index (κ1) is 12.1. The summed E-state index contributed by atoms with van der Waals surface area (Å²) in [6, 6.07) is 10.4. The van der Waals surface area contributed by atoms with Crippen molar-refractivity contribution in [3.05, 3.63) is 59.9 Å². The van der Waals surface area contributed by atoms with Gasteiger partial charge in [0, 0.05) is 18.1 Å². The molecule has 1 aromatic heterocycles. The van der Waals surface area contributed by atoms with Gasteiger partial charge in [-0.05, 0) is 36.2 Å². The summed E-state index contributed by atoms with van der Waals surface area (Å²) in [5, 5.41) is 9.55. The molecule has 0 fully saturated rings. The number of carbonyl (C=O) groups is 1. The fourth-order valence-corrected chi connectivity index (χ4v) is 1.89. The van der Waals surface area contributed by atoms with Gasteiger partial charge >= 0.3 is 5.97 Å². The van der Waals surface area contributed by atoms with Crippen molar-refractivity contribution < 1.29 is 9.90 Å². The van der Waals surface area contributed by atoms with Crippen molar-refractivity contribution in [2.75, 3.05) is 5.73 Å². The number of anilines is 1. The Kier molecular flexibility index (Phi) is 3.02. The zero-order valence-corrected chi connectivity index (χ0v) is 10.00. The molecule has 1 unspecified atom stereocenters. The molecule has 0 spiro atoms. The van der Waals surface area contributed by atoms with Gasteiger partial charge < -0.3 is 10.8 Å². The second kappa shape index (κ2) is 4.49. The number of aliphatic carboxylic acids is 1. The van der Waals surface area contributed by atoms with Crippen molar-refractivity contribution in [1.82, 2.24) is 4.98 Å². The highest BCUT2D eigenvalue weighted by Crippen LogP contribution is 2.32. The predicted molar refractivity (Wildman–Crippen MR) is 69.2 cm³/mol. The van der Waals surface area contributed by atoms with Crippen LogP contribution < -0.4 is 5.73 Å². The summed E-state index contributed by atoms with van der Waals surface area (Å²) in [6.45, 7) is 1.66. The monoisotopic (exact) mass is 242 g/mol. The van der Waals surface area contributed by atoms with E-state index in [-0.39, 0.29) is 0 Å².